The molecule has 1 aliphatic heterocycles. The fourth-order valence-electron chi connectivity index (χ4n) is 1.68. The predicted octanol–water partition coefficient (Wildman–Crippen LogP) is 0.494. The van der Waals surface area contributed by atoms with Gasteiger partial charge in [-0.3, -0.25) is 0 Å². The van der Waals surface area contributed by atoms with Gasteiger partial charge in [-0.1, -0.05) is 0 Å². The van der Waals surface area contributed by atoms with Crippen molar-refractivity contribution in [1.82, 2.24) is 0 Å². The average Bonchev–Trinajstić information content (AvgIpc) is 2.60. The summed E-state index contributed by atoms with van der Waals surface area (Å²) >= 11 is 0. The SMILES string of the molecule is CC(C)(O)OCCC1OCCC1OCC=O. The van der Waals surface area contributed by atoms with Gasteiger partial charge < -0.3 is 24.1 Å². The molecular formula is C11H20O5. The number of aldehydes is 1. The van der Waals surface area contributed by atoms with Crippen LogP contribution in [0.3, 0.4) is 0 Å². The number of hydrogen-bond acceptors (Lipinski definition) is 5. The third-order valence-electron chi connectivity index (χ3n) is 2.38. The molecule has 0 spiro atoms. The second-order valence-corrected chi connectivity index (χ2v) is 4.32. The summed E-state index contributed by atoms with van der Waals surface area (Å²) < 4.78 is 16.0. The van der Waals surface area contributed by atoms with Gasteiger partial charge in [0.05, 0.1) is 18.8 Å². The van der Waals surface area contributed by atoms with Gasteiger partial charge in [0, 0.05) is 6.61 Å². The van der Waals surface area contributed by atoms with Crippen molar-refractivity contribution in [2.75, 3.05) is 19.8 Å². The van der Waals surface area contributed by atoms with Gasteiger partial charge in [-0.05, 0) is 26.7 Å². The van der Waals surface area contributed by atoms with Gasteiger partial charge in [-0.25, -0.2) is 0 Å². The van der Waals surface area contributed by atoms with Crippen LogP contribution in [0.5, 0.6) is 0 Å². The summed E-state index contributed by atoms with van der Waals surface area (Å²) in [6, 6.07) is 0. The van der Waals surface area contributed by atoms with E-state index in [4.69, 9.17) is 14.2 Å². The molecule has 1 fully saturated rings. The van der Waals surface area contributed by atoms with Gasteiger partial charge in [-0.2, -0.15) is 0 Å². The maximum absolute atomic E-state index is 10.2. The molecule has 1 saturated heterocycles. The Morgan fingerprint density at radius 2 is 2.31 bits per heavy atom. The van der Waals surface area contributed by atoms with E-state index >= 15 is 0 Å². The second-order valence-electron chi connectivity index (χ2n) is 4.32. The highest BCUT2D eigenvalue weighted by molar-refractivity contribution is 5.50. The molecule has 0 saturated carbocycles. The Balaban J connectivity index is 2.22. The quantitative estimate of drug-likeness (QED) is 0.511. The average molecular weight is 232 g/mol. The van der Waals surface area contributed by atoms with Crippen molar-refractivity contribution in [2.24, 2.45) is 0 Å². The van der Waals surface area contributed by atoms with Gasteiger partial charge in [0.2, 0.25) is 0 Å². The molecule has 2 atom stereocenters. The first-order valence-electron chi connectivity index (χ1n) is 5.56. The lowest BCUT2D eigenvalue weighted by molar-refractivity contribution is -0.181. The molecule has 0 aromatic heterocycles. The molecule has 1 rings (SSSR count). The number of carbonyl (C=O) groups is 1. The minimum atomic E-state index is -1.11. The van der Waals surface area contributed by atoms with Gasteiger partial charge in [0.15, 0.2) is 5.79 Å². The minimum Gasteiger partial charge on any atom is -0.375 e. The lowest BCUT2D eigenvalue weighted by Crippen LogP contribution is -2.29. The zero-order valence-corrected chi connectivity index (χ0v) is 9.85. The van der Waals surface area contributed by atoms with Crippen LogP contribution in [-0.2, 0) is 19.0 Å². The normalized spacial score (nSPS) is 25.9. The van der Waals surface area contributed by atoms with Gasteiger partial charge in [0.1, 0.15) is 12.9 Å². The number of aliphatic hydroxyl groups is 1. The van der Waals surface area contributed by atoms with Crippen LogP contribution in [0, 0.1) is 0 Å². The number of hydrogen-bond donors (Lipinski definition) is 1. The van der Waals surface area contributed by atoms with Crippen LogP contribution in [0.25, 0.3) is 0 Å². The van der Waals surface area contributed by atoms with Gasteiger partial charge in [0.25, 0.3) is 0 Å². The van der Waals surface area contributed by atoms with Crippen LogP contribution in [-0.4, -0.2) is 49.2 Å². The third kappa shape index (κ3) is 5.03. The molecule has 0 amide bonds. The molecule has 0 aromatic rings. The molecule has 0 radical (unpaired) electrons. The first-order chi connectivity index (χ1) is 7.53. The van der Waals surface area contributed by atoms with Crippen molar-refractivity contribution in [2.45, 2.75) is 44.7 Å². The topological polar surface area (TPSA) is 65.0 Å². The fraction of sp³-hybridized carbons (Fsp3) is 0.909. The zero-order valence-electron chi connectivity index (χ0n) is 9.85. The van der Waals surface area contributed by atoms with Crippen molar-refractivity contribution in [1.29, 1.82) is 0 Å². The van der Waals surface area contributed by atoms with E-state index in [0.29, 0.717) is 19.6 Å². The Hall–Kier alpha value is -0.490. The molecule has 1 heterocycles. The van der Waals surface area contributed by atoms with E-state index in [1.165, 1.54) is 0 Å². The van der Waals surface area contributed by atoms with Crippen LogP contribution in [0.4, 0.5) is 0 Å². The Morgan fingerprint density at radius 3 is 2.94 bits per heavy atom. The zero-order chi connectivity index (χ0) is 12.0. The molecule has 5 heteroatoms. The van der Waals surface area contributed by atoms with Gasteiger partial charge in [-0.15, -0.1) is 0 Å². The monoisotopic (exact) mass is 232 g/mol. The van der Waals surface area contributed by atoms with Crippen molar-refractivity contribution < 1.29 is 24.1 Å². The molecule has 16 heavy (non-hydrogen) atoms. The van der Waals surface area contributed by atoms with E-state index in [0.717, 1.165) is 12.7 Å². The van der Waals surface area contributed by atoms with Crippen molar-refractivity contribution in [3.63, 3.8) is 0 Å². The van der Waals surface area contributed by atoms with Crippen molar-refractivity contribution >= 4 is 6.29 Å². The molecule has 5 nitrogen and oxygen atoms in total. The van der Waals surface area contributed by atoms with Crippen LogP contribution < -0.4 is 0 Å². The highest BCUT2D eigenvalue weighted by Gasteiger charge is 2.29. The van der Waals surface area contributed by atoms with Crippen LogP contribution in [0.2, 0.25) is 0 Å². The molecule has 0 aromatic carbocycles. The molecular weight excluding hydrogens is 212 g/mol. The largest absolute Gasteiger partial charge is 0.375 e. The summed E-state index contributed by atoms with van der Waals surface area (Å²) in [5.74, 6) is -1.11. The third-order valence-corrected chi connectivity index (χ3v) is 2.38. The van der Waals surface area contributed by atoms with Crippen molar-refractivity contribution in [3.8, 4) is 0 Å². The maximum Gasteiger partial charge on any atom is 0.159 e. The Bertz CT molecular complexity index is 211. The van der Waals surface area contributed by atoms with Crippen LogP contribution in [0.15, 0.2) is 0 Å². The smallest absolute Gasteiger partial charge is 0.159 e. The van der Waals surface area contributed by atoms with Gasteiger partial charge >= 0.3 is 0 Å². The molecule has 1 aliphatic rings. The molecule has 2 unspecified atom stereocenters. The summed E-state index contributed by atoms with van der Waals surface area (Å²) in [7, 11) is 0. The predicted molar refractivity (Wildman–Crippen MR) is 57.0 cm³/mol. The van der Waals surface area contributed by atoms with E-state index in [9.17, 15) is 9.90 Å². The molecule has 1 N–H and O–H groups in total. The van der Waals surface area contributed by atoms with E-state index in [1.54, 1.807) is 13.8 Å². The van der Waals surface area contributed by atoms with Crippen molar-refractivity contribution in [3.05, 3.63) is 0 Å². The standard InChI is InChI=1S/C11H20O5/c1-11(2,13)16-7-4-10-9(3-6-14-10)15-8-5-12/h5,9-10,13H,3-4,6-8H2,1-2H3. The fourth-order valence-corrected chi connectivity index (χ4v) is 1.68. The maximum atomic E-state index is 10.2. The molecule has 94 valence electrons. The Labute approximate surface area is 95.7 Å². The van der Waals surface area contributed by atoms with E-state index in [2.05, 4.69) is 0 Å². The summed E-state index contributed by atoms with van der Waals surface area (Å²) in [6.07, 6.45) is 2.13. The van der Waals surface area contributed by atoms with E-state index in [1.807, 2.05) is 0 Å². The lowest BCUT2D eigenvalue weighted by Gasteiger charge is -2.21. The number of carbonyl (C=O) groups excluding carboxylic acids is 1. The second kappa shape index (κ2) is 6.30. The Morgan fingerprint density at radius 1 is 1.56 bits per heavy atom. The number of ether oxygens (including phenoxy) is 3. The Kier molecular flexibility index (Phi) is 5.34. The summed E-state index contributed by atoms with van der Waals surface area (Å²) in [5, 5.41) is 9.36. The summed E-state index contributed by atoms with van der Waals surface area (Å²) in [5.41, 5.74) is 0. The lowest BCUT2D eigenvalue weighted by atomic mass is 10.1. The molecule has 0 bridgehead atoms. The first kappa shape index (κ1) is 13.6. The number of rotatable bonds is 7. The summed E-state index contributed by atoms with van der Waals surface area (Å²) in [4.78, 5) is 10.2. The molecule has 0 aliphatic carbocycles. The van der Waals surface area contributed by atoms with Crippen LogP contribution in [0.1, 0.15) is 26.7 Å². The van der Waals surface area contributed by atoms with E-state index < -0.39 is 5.79 Å². The van der Waals surface area contributed by atoms with E-state index in [-0.39, 0.29) is 18.8 Å². The summed E-state index contributed by atoms with van der Waals surface area (Å²) in [6.45, 7) is 4.34. The highest BCUT2D eigenvalue weighted by atomic mass is 16.6. The highest BCUT2D eigenvalue weighted by Crippen LogP contribution is 2.20. The minimum absolute atomic E-state index is 0.0318. The van der Waals surface area contributed by atoms with Crippen LogP contribution >= 0.6 is 0 Å². The first-order valence-corrected chi connectivity index (χ1v) is 5.56.